The standard InChI is InChI=1S/C18H36N3O2/c1-2-3-4-5-6-7-8-9-10-11-12-13-14-15-18(23)17(16-22)20-21-19/h14-15,17-19,22-23H,2-13,16H2,1H3/q+1. The molecule has 5 nitrogen and oxygen atoms in total. The van der Waals surface area contributed by atoms with E-state index in [4.69, 9.17) is 10.6 Å². The van der Waals surface area contributed by atoms with Crippen molar-refractivity contribution < 1.29 is 10.2 Å². The van der Waals surface area contributed by atoms with Crippen LogP contribution in [0.15, 0.2) is 17.3 Å². The summed E-state index contributed by atoms with van der Waals surface area (Å²) in [6.45, 7) is 1.95. The smallest absolute Gasteiger partial charge is 0.214 e. The molecule has 0 aliphatic heterocycles. The van der Waals surface area contributed by atoms with Crippen molar-refractivity contribution in [3.63, 3.8) is 0 Å². The number of aliphatic hydroxyl groups excluding tert-OH is 2. The first-order valence-corrected chi connectivity index (χ1v) is 9.28. The third-order valence-electron chi connectivity index (χ3n) is 4.09. The van der Waals surface area contributed by atoms with E-state index in [1.54, 1.807) is 6.08 Å². The summed E-state index contributed by atoms with van der Waals surface area (Å²) in [5.74, 6) is 0. The molecular weight excluding hydrogens is 290 g/mol. The van der Waals surface area contributed by atoms with Crippen LogP contribution < -0.4 is 4.91 Å². The summed E-state index contributed by atoms with van der Waals surface area (Å²) in [6.07, 6.45) is 18.3. The highest BCUT2D eigenvalue weighted by Gasteiger charge is 2.19. The zero-order valence-electron chi connectivity index (χ0n) is 14.8. The Balaban J connectivity index is 3.41. The van der Waals surface area contributed by atoms with Crippen LogP contribution in [0.25, 0.3) is 0 Å². The maximum absolute atomic E-state index is 9.73. The summed E-state index contributed by atoms with van der Waals surface area (Å²) in [4.78, 5) is 2.86. The molecule has 23 heavy (non-hydrogen) atoms. The third kappa shape index (κ3) is 14.3. The number of hydrogen-bond acceptors (Lipinski definition) is 4. The van der Waals surface area contributed by atoms with Crippen LogP contribution in [0.2, 0.25) is 0 Å². The van der Waals surface area contributed by atoms with Crippen molar-refractivity contribution >= 4 is 0 Å². The van der Waals surface area contributed by atoms with Crippen molar-refractivity contribution in [2.45, 2.75) is 96.1 Å². The van der Waals surface area contributed by atoms with Crippen LogP contribution in [0.3, 0.4) is 0 Å². The Labute approximate surface area is 141 Å². The lowest BCUT2D eigenvalue weighted by molar-refractivity contribution is 0.140. The number of rotatable bonds is 16. The minimum atomic E-state index is -0.859. The summed E-state index contributed by atoms with van der Waals surface area (Å²) in [5.41, 5.74) is 6.62. The van der Waals surface area contributed by atoms with Gasteiger partial charge < -0.3 is 10.2 Å². The highest BCUT2D eigenvalue weighted by atomic mass is 16.3. The molecule has 0 radical (unpaired) electrons. The van der Waals surface area contributed by atoms with Gasteiger partial charge in [0.1, 0.15) is 16.7 Å². The average Bonchev–Trinajstić information content (AvgIpc) is 2.56. The number of nitrogens with one attached hydrogen (secondary N) is 1. The zero-order valence-corrected chi connectivity index (χ0v) is 14.8. The molecule has 0 saturated heterocycles. The Bertz CT molecular complexity index is 328. The van der Waals surface area contributed by atoms with E-state index in [1.807, 2.05) is 6.08 Å². The maximum Gasteiger partial charge on any atom is 0.214 e. The van der Waals surface area contributed by atoms with Gasteiger partial charge in [-0.15, -0.1) is 0 Å². The van der Waals surface area contributed by atoms with Gasteiger partial charge in [0, 0.05) is 0 Å². The van der Waals surface area contributed by atoms with E-state index in [1.165, 1.54) is 64.2 Å². The number of aliphatic hydroxyl groups is 2. The fraction of sp³-hybridized carbons (Fsp3) is 0.889. The van der Waals surface area contributed by atoms with Gasteiger partial charge in [-0.2, -0.15) is 0 Å². The highest BCUT2D eigenvalue weighted by molar-refractivity contribution is 4.94. The SMILES string of the molecule is CCCCCCCCCCCCCC=CC(O)C(CO)N=[N+]=N. The molecular formula is C18H36N3O2+. The van der Waals surface area contributed by atoms with Crippen molar-refractivity contribution in [3.05, 3.63) is 12.2 Å². The van der Waals surface area contributed by atoms with Crippen molar-refractivity contribution in [3.8, 4) is 0 Å². The summed E-state index contributed by atoms with van der Waals surface area (Å²) >= 11 is 0. The lowest BCUT2D eigenvalue weighted by atomic mass is 10.0. The van der Waals surface area contributed by atoms with Crippen molar-refractivity contribution in [2.24, 2.45) is 5.11 Å². The molecule has 0 bridgehead atoms. The molecule has 0 rings (SSSR count). The van der Waals surface area contributed by atoms with Gasteiger partial charge in [0.25, 0.3) is 0 Å². The molecule has 2 unspecified atom stereocenters. The molecule has 0 aliphatic carbocycles. The quantitative estimate of drug-likeness (QED) is 0.168. The molecule has 0 amide bonds. The molecule has 0 fully saturated rings. The van der Waals surface area contributed by atoms with Gasteiger partial charge in [0.2, 0.25) is 4.91 Å². The molecule has 5 heteroatoms. The summed E-state index contributed by atoms with van der Waals surface area (Å²) in [7, 11) is 0. The lowest BCUT2D eigenvalue weighted by Crippen LogP contribution is -2.25. The van der Waals surface area contributed by atoms with E-state index >= 15 is 0 Å². The Morgan fingerprint density at radius 2 is 1.48 bits per heavy atom. The Kier molecular flexibility index (Phi) is 16.5. The van der Waals surface area contributed by atoms with E-state index in [0.29, 0.717) is 0 Å². The average molecular weight is 327 g/mol. The van der Waals surface area contributed by atoms with Crippen LogP contribution in [-0.2, 0) is 0 Å². The maximum atomic E-state index is 9.73. The minimum absolute atomic E-state index is 0.299. The fourth-order valence-electron chi connectivity index (χ4n) is 2.58. The topological polar surface area (TPSA) is 90.8 Å². The minimum Gasteiger partial charge on any atom is -0.394 e. The molecule has 2 atom stereocenters. The van der Waals surface area contributed by atoms with E-state index < -0.39 is 12.1 Å². The monoisotopic (exact) mass is 326 g/mol. The van der Waals surface area contributed by atoms with E-state index in [2.05, 4.69) is 16.9 Å². The Morgan fingerprint density at radius 1 is 0.957 bits per heavy atom. The second-order valence-corrected chi connectivity index (χ2v) is 6.21. The van der Waals surface area contributed by atoms with E-state index in [9.17, 15) is 5.11 Å². The van der Waals surface area contributed by atoms with Crippen LogP contribution in [0, 0.1) is 5.53 Å². The van der Waals surface area contributed by atoms with Gasteiger partial charge in [-0.25, -0.2) is 0 Å². The number of hydrogen-bond donors (Lipinski definition) is 3. The van der Waals surface area contributed by atoms with E-state index in [0.717, 1.165) is 12.8 Å². The second-order valence-electron chi connectivity index (χ2n) is 6.21. The van der Waals surface area contributed by atoms with Crippen LogP contribution >= 0.6 is 0 Å². The molecule has 3 N–H and O–H groups in total. The van der Waals surface area contributed by atoms with Gasteiger partial charge in [-0.1, -0.05) is 83.3 Å². The first-order valence-electron chi connectivity index (χ1n) is 9.28. The number of allylic oxidation sites excluding steroid dienone is 1. The molecule has 0 aliphatic rings. The van der Waals surface area contributed by atoms with Crippen LogP contribution in [0.4, 0.5) is 0 Å². The fourth-order valence-corrected chi connectivity index (χ4v) is 2.58. The van der Waals surface area contributed by atoms with Gasteiger partial charge in [0.05, 0.1) is 6.61 Å². The highest BCUT2D eigenvalue weighted by Crippen LogP contribution is 2.12. The first-order chi connectivity index (χ1) is 11.3. The predicted molar refractivity (Wildman–Crippen MR) is 94.4 cm³/mol. The predicted octanol–water partition coefficient (Wildman–Crippen LogP) is 4.52. The molecule has 0 aromatic rings. The number of nitrogens with zero attached hydrogens (tertiary/aromatic N) is 2. The van der Waals surface area contributed by atoms with Gasteiger partial charge in [0.15, 0.2) is 6.04 Å². The second kappa shape index (κ2) is 17.3. The zero-order chi connectivity index (χ0) is 17.2. The first kappa shape index (κ1) is 22.0. The number of unbranched alkanes of at least 4 members (excludes halogenated alkanes) is 11. The molecule has 134 valence electrons. The van der Waals surface area contributed by atoms with E-state index in [-0.39, 0.29) is 6.61 Å². The summed E-state index contributed by atoms with van der Waals surface area (Å²) < 4.78 is 0. The Morgan fingerprint density at radius 3 is 1.96 bits per heavy atom. The molecule has 0 aromatic carbocycles. The summed E-state index contributed by atoms with van der Waals surface area (Å²) in [6, 6.07) is -0.721. The molecule has 0 spiro atoms. The van der Waals surface area contributed by atoms with Crippen LogP contribution in [0.5, 0.6) is 0 Å². The normalized spacial score (nSPS) is 13.9. The third-order valence-corrected chi connectivity index (χ3v) is 4.09. The van der Waals surface area contributed by atoms with Crippen molar-refractivity contribution in [1.29, 1.82) is 5.53 Å². The summed E-state index contributed by atoms with van der Waals surface area (Å²) in [5, 5.41) is 22.2. The van der Waals surface area contributed by atoms with Gasteiger partial charge in [-0.05, 0) is 12.8 Å². The molecule has 0 heterocycles. The Hall–Kier alpha value is -1.03. The largest absolute Gasteiger partial charge is 0.394 e. The van der Waals surface area contributed by atoms with Gasteiger partial charge in [-0.3, -0.25) is 0 Å². The van der Waals surface area contributed by atoms with Crippen LogP contribution in [0.1, 0.15) is 84.0 Å². The lowest BCUT2D eigenvalue weighted by Gasteiger charge is -2.06. The molecule has 0 aromatic heterocycles. The van der Waals surface area contributed by atoms with Crippen LogP contribution in [-0.4, -0.2) is 29.0 Å². The van der Waals surface area contributed by atoms with Crippen molar-refractivity contribution in [1.82, 2.24) is 4.91 Å². The van der Waals surface area contributed by atoms with Crippen molar-refractivity contribution in [2.75, 3.05) is 6.61 Å². The molecule has 0 saturated carbocycles. The van der Waals surface area contributed by atoms with Gasteiger partial charge >= 0.3 is 0 Å².